The van der Waals surface area contributed by atoms with E-state index in [4.69, 9.17) is 0 Å². The SMILES string of the molecule is CC=CC(C)C(C)(C)CCCC. The smallest absolute Gasteiger partial charge is 0.0211 e. The lowest BCUT2D eigenvalue weighted by atomic mass is 9.76. The Balaban J connectivity index is 3.98. The van der Waals surface area contributed by atoms with Crippen molar-refractivity contribution in [3.63, 3.8) is 0 Å². The fraction of sp³-hybridized carbons (Fsp3) is 0.833. The third-order valence-electron chi connectivity index (χ3n) is 2.89. The van der Waals surface area contributed by atoms with E-state index in [0.29, 0.717) is 11.3 Å². The first kappa shape index (κ1) is 11.7. The van der Waals surface area contributed by atoms with Gasteiger partial charge in [-0.15, -0.1) is 0 Å². The van der Waals surface area contributed by atoms with Crippen LogP contribution in [0.1, 0.15) is 53.9 Å². The van der Waals surface area contributed by atoms with Crippen LogP contribution in [0.4, 0.5) is 0 Å². The Morgan fingerprint density at radius 1 is 1.33 bits per heavy atom. The van der Waals surface area contributed by atoms with E-state index in [-0.39, 0.29) is 0 Å². The zero-order chi connectivity index (χ0) is 9.61. The molecule has 0 heterocycles. The van der Waals surface area contributed by atoms with Crippen LogP contribution in [0.3, 0.4) is 0 Å². The summed E-state index contributed by atoms with van der Waals surface area (Å²) < 4.78 is 0. The summed E-state index contributed by atoms with van der Waals surface area (Å²) in [5.41, 5.74) is 0.475. The van der Waals surface area contributed by atoms with Crippen molar-refractivity contribution in [2.24, 2.45) is 11.3 Å². The molecule has 0 aromatic rings. The Hall–Kier alpha value is -0.260. The summed E-state index contributed by atoms with van der Waals surface area (Å²) in [6.45, 7) is 11.4. The van der Waals surface area contributed by atoms with Gasteiger partial charge in [-0.05, 0) is 24.7 Å². The molecule has 0 aliphatic carbocycles. The lowest BCUT2D eigenvalue weighted by molar-refractivity contribution is 0.247. The summed E-state index contributed by atoms with van der Waals surface area (Å²) in [4.78, 5) is 0. The van der Waals surface area contributed by atoms with E-state index in [9.17, 15) is 0 Å². The van der Waals surface area contributed by atoms with Crippen LogP contribution in [0, 0.1) is 11.3 Å². The molecule has 0 heteroatoms. The monoisotopic (exact) mass is 168 g/mol. The fourth-order valence-corrected chi connectivity index (χ4v) is 1.41. The van der Waals surface area contributed by atoms with Crippen LogP contribution in [0.5, 0.6) is 0 Å². The molecular weight excluding hydrogens is 144 g/mol. The molecule has 0 nitrogen and oxygen atoms in total. The average Bonchev–Trinajstić information content (AvgIpc) is 2.01. The predicted octanol–water partition coefficient (Wildman–Crippen LogP) is 4.42. The fourth-order valence-electron chi connectivity index (χ4n) is 1.41. The molecule has 0 radical (unpaired) electrons. The van der Waals surface area contributed by atoms with Crippen LogP contribution in [0.15, 0.2) is 12.2 Å². The van der Waals surface area contributed by atoms with E-state index in [1.807, 2.05) is 0 Å². The molecule has 72 valence electrons. The van der Waals surface area contributed by atoms with Gasteiger partial charge in [-0.1, -0.05) is 52.7 Å². The van der Waals surface area contributed by atoms with E-state index in [2.05, 4.69) is 46.8 Å². The van der Waals surface area contributed by atoms with E-state index < -0.39 is 0 Å². The minimum Gasteiger partial charge on any atom is -0.0914 e. The number of rotatable bonds is 5. The zero-order valence-electron chi connectivity index (χ0n) is 9.35. The highest BCUT2D eigenvalue weighted by Crippen LogP contribution is 2.33. The largest absolute Gasteiger partial charge is 0.0914 e. The lowest BCUT2D eigenvalue weighted by Gasteiger charge is -2.29. The van der Waals surface area contributed by atoms with Crippen LogP contribution >= 0.6 is 0 Å². The minimum absolute atomic E-state index is 0.475. The molecule has 0 bridgehead atoms. The summed E-state index contributed by atoms with van der Waals surface area (Å²) in [5.74, 6) is 0.703. The van der Waals surface area contributed by atoms with Gasteiger partial charge in [0.2, 0.25) is 0 Å². The first-order chi connectivity index (χ1) is 5.54. The van der Waals surface area contributed by atoms with Crippen LogP contribution in [-0.2, 0) is 0 Å². The van der Waals surface area contributed by atoms with Gasteiger partial charge in [0.15, 0.2) is 0 Å². The van der Waals surface area contributed by atoms with Gasteiger partial charge in [0.05, 0.1) is 0 Å². The minimum atomic E-state index is 0.475. The average molecular weight is 168 g/mol. The van der Waals surface area contributed by atoms with Crippen molar-refractivity contribution in [2.45, 2.75) is 53.9 Å². The number of allylic oxidation sites excluding steroid dienone is 2. The molecule has 0 fully saturated rings. The molecule has 1 unspecified atom stereocenters. The number of hydrogen-bond acceptors (Lipinski definition) is 0. The van der Waals surface area contributed by atoms with Crippen molar-refractivity contribution in [1.29, 1.82) is 0 Å². The highest BCUT2D eigenvalue weighted by molar-refractivity contribution is 4.91. The molecule has 12 heavy (non-hydrogen) atoms. The van der Waals surface area contributed by atoms with Gasteiger partial charge < -0.3 is 0 Å². The van der Waals surface area contributed by atoms with Gasteiger partial charge in [0.25, 0.3) is 0 Å². The lowest BCUT2D eigenvalue weighted by Crippen LogP contribution is -2.19. The summed E-state index contributed by atoms with van der Waals surface area (Å²) in [5, 5.41) is 0. The normalized spacial score (nSPS) is 15.4. The number of hydrogen-bond donors (Lipinski definition) is 0. The second-order valence-corrected chi connectivity index (χ2v) is 4.41. The third kappa shape index (κ3) is 3.94. The molecule has 0 saturated heterocycles. The highest BCUT2D eigenvalue weighted by atomic mass is 14.3. The van der Waals surface area contributed by atoms with Crippen molar-refractivity contribution in [3.05, 3.63) is 12.2 Å². The molecule has 0 aliphatic rings. The van der Waals surface area contributed by atoms with E-state index >= 15 is 0 Å². The third-order valence-corrected chi connectivity index (χ3v) is 2.89. The summed E-state index contributed by atoms with van der Waals surface area (Å²) >= 11 is 0. The predicted molar refractivity (Wildman–Crippen MR) is 57.3 cm³/mol. The van der Waals surface area contributed by atoms with Gasteiger partial charge in [0.1, 0.15) is 0 Å². The zero-order valence-corrected chi connectivity index (χ0v) is 9.35. The summed E-state index contributed by atoms with van der Waals surface area (Å²) in [6.07, 6.45) is 8.49. The molecule has 0 spiro atoms. The first-order valence-corrected chi connectivity index (χ1v) is 5.17. The Morgan fingerprint density at radius 2 is 1.92 bits per heavy atom. The molecule has 0 saturated carbocycles. The Morgan fingerprint density at radius 3 is 2.33 bits per heavy atom. The van der Waals surface area contributed by atoms with Crippen LogP contribution in [0.2, 0.25) is 0 Å². The number of unbranched alkanes of at least 4 members (excludes halogenated alkanes) is 1. The first-order valence-electron chi connectivity index (χ1n) is 5.17. The Kier molecular flexibility index (Phi) is 5.28. The van der Waals surface area contributed by atoms with Gasteiger partial charge in [-0.3, -0.25) is 0 Å². The van der Waals surface area contributed by atoms with Crippen LogP contribution < -0.4 is 0 Å². The highest BCUT2D eigenvalue weighted by Gasteiger charge is 2.22. The molecule has 0 amide bonds. The van der Waals surface area contributed by atoms with Gasteiger partial charge in [0, 0.05) is 0 Å². The quantitative estimate of drug-likeness (QED) is 0.533. The molecule has 0 aromatic heterocycles. The van der Waals surface area contributed by atoms with Crippen molar-refractivity contribution in [1.82, 2.24) is 0 Å². The summed E-state index contributed by atoms with van der Waals surface area (Å²) in [7, 11) is 0. The maximum Gasteiger partial charge on any atom is -0.0211 e. The topological polar surface area (TPSA) is 0 Å². The van der Waals surface area contributed by atoms with E-state index in [1.54, 1.807) is 0 Å². The van der Waals surface area contributed by atoms with E-state index in [1.165, 1.54) is 19.3 Å². The second kappa shape index (κ2) is 5.40. The molecule has 0 N–H and O–H groups in total. The Bertz CT molecular complexity index is 131. The molecule has 1 atom stereocenters. The van der Waals surface area contributed by atoms with Crippen molar-refractivity contribution in [3.8, 4) is 0 Å². The van der Waals surface area contributed by atoms with Gasteiger partial charge in [-0.25, -0.2) is 0 Å². The molecule has 0 aromatic carbocycles. The maximum atomic E-state index is 2.37. The van der Waals surface area contributed by atoms with Crippen molar-refractivity contribution < 1.29 is 0 Å². The van der Waals surface area contributed by atoms with Crippen molar-refractivity contribution in [2.75, 3.05) is 0 Å². The molecular formula is C12H24. The van der Waals surface area contributed by atoms with Crippen LogP contribution in [0.25, 0.3) is 0 Å². The molecule has 0 aliphatic heterocycles. The van der Waals surface area contributed by atoms with Gasteiger partial charge >= 0.3 is 0 Å². The second-order valence-electron chi connectivity index (χ2n) is 4.41. The van der Waals surface area contributed by atoms with E-state index in [0.717, 1.165) is 0 Å². The van der Waals surface area contributed by atoms with Gasteiger partial charge in [-0.2, -0.15) is 0 Å². The Labute approximate surface area is 78.1 Å². The maximum absolute atomic E-state index is 2.37. The van der Waals surface area contributed by atoms with Crippen molar-refractivity contribution >= 4 is 0 Å². The van der Waals surface area contributed by atoms with Crippen LogP contribution in [-0.4, -0.2) is 0 Å². The molecule has 0 rings (SSSR count). The standard InChI is InChI=1S/C12H24/c1-6-8-10-12(4,5)11(3)9-7-2/h7,9,11H,6,8,10H2,1-5H3. The summed E-state index contributed by atoms with van der Waals surface area (Å²) in [6, 6.07) is 0.